The quantitative estimate of drug-likeness (QED) is 0.373. The van der Waals surface area contributed by atoms with Crippen molar-refractivity contribution in [3.8, 4) is 5.75 Å². The summed E-state index contributed by atoms with van der Waals surface area (Å²) in [7, 11) is -2.87. The Morgan fingerprint density at radius 2 is 1.22 bits per heavy atom. The molecule has 0 bridgehead atoms. The lowest BCUT2D eigenvalue weighted by atomic mass is 10.2. The molecule has 0 aliphatic heterocycles. The third-order valence-electron chi connectivity index (χ3n) is 4.74. The largest absolute Gasteiger partial charge is 0.529 e. The second-order valence-corrected chi connectivity index (χ2v) is 11.7. The maximum Gasteiger partial charge on any atom is 0.320 e. The Bertz CT molecular complexity index is 882. The van der Waals surface area contributed by atoms with E-state index in [9.17, 15) is 10.1 Å². The van der Waals surface area contributed by atoms with Crippen molar-refractivity contribution in [2.75, 3.05) is 0 Å². The van der Waals surface area contributed by atoms with Crippen LogP contribution in [0.4, 0.5) is 5.69 Å². The fourth-order valence-corrected chi connectivity index (χ4v) is 7.94. The van der Waals surface area contributed by atoms with Gasteiger partial charge < -0.3 is 4.43 Å². The van der Waals surface area contributed by atoms with E-state index in [1.165, 1.54) is 6.07 Å². The fraction of sp³-hybridized carbons (Fsp3) is 0.182. The van der Waals surface area contributed by atoms with Crippen LogP contribution in [0.15, 0.2) is 84.9 Å². The van der Waals surface area contributed by atoms with E-state index in [1.54, 1.807) is 18.2 Å². The second kappa shape index (κ2) is 7.37. The Morgan fingerprint density at radius 1 is 0.778 bits per heavy atom. The van der Waals surface area contributed by atoms with Crippen LogP contribution in [0.25, 0.3) is 0 Å². The van der Waals surface area contributed by atoms with E-state index in [4.69, 9.17) is 4.43 Å². The average molecular weight is 378 g/mol. The zero-order valence-electron chi connectivity index (χ0n) is 15.8. The first-order chi connectivity index (χ1) is 12.9. The summed E-state index contributed by atoms with van der Waals surface area (Å²) in [6.07, 6.45) is 0. The Kier molecular flexibility index (Phi) is 5.14. The minimum absolute atomic E-state index is 0.00881. The molecule has 27 heavy (non-hydrogen) atoms. The zero-order chi connectivity index (χ0) is 19.5. The van der Waals surface area contributed by atoms with Crippen molar-refractivity contribution in [1.29, 1.82) is 0 Å². The first kappa shape index (κ1) is 18.9. The number of nitro benzene ring substituents is 1. The molecule has 0 aliphatic rings. The summed E-state index contributed by atoms with van der Waals surface area (Å²) < 4.78 is 6.73. The third kappa shape index (κ3) is 3.51. The molecule has 0 atom stereocenters. The average Bonchev–Trinajstić information content (AvgIpc) is 2.66. The van der Waals surface area contributed by atoms with E-state index < -0.39 is 8.32 Å². The molecular weight excluding hydrogens is 354 g/mol. The standard InChI is InChI=1S/C22H23NO3Si/c1-22(2,3)27(18-12-6-4-7-13-18,19-14-8-5-9-15-19)26-21-17-11-10-16-20(21)23(24)25/h4-17H,1-3H3. The third-order valence-corrected chi connectivity index (χ3v) is 9.67. The summed E-state index contributed by atoms with van der Waals surface area (Å²) in [6, 6.07) is 26.8. The van der Waals surface area contributed by atoms with Crippen LogP contribution < -0.4 is 14.8 Å². The van der Waals surface area contributed by atoms with Gasteiger partial charge in [-0.2, -0.15) is 0 Å². The van der Waals surface area contributed by atoms with E-state index in [-0.39, 0.29) is 15.6 Å². The maximum atomic E-state index is 11.6. The molecule has 0 amide bonds. The summed E-state index contributed by atoms with van der Waals surface area (Å²) in [4.78, 5) is 11.2. The summed E-state index contributed by atoms with van der Waals surface area (Å²) in [5.41, 5.74) is -0.00881. The summed E-state index contributed by atoms with van der Waals surface area (Å²) in [6.45, 7) is 6.44. The number of hydrogen-bond donors (Lipinski definition) is 0. The lowest BCUT2D eigenvalue weighted by Crippen LogP contribution is -2.68. The minimum atomic E-state index is -2.87. The van der Waals surface area contributed by atoms with Gasteiger partial charge in [0.1, 0.15) is 0 Å². The van der Waals surface area contributed by atoms with Gasteiger partial charge in [-0.25, -0.2) is 0 Å². The van der Waals surface area contributed by atoms with Crippen LogP contribution in [-0.4, -0.2) is 13.2 Å². The van der Waals surface area contributed by atoms with E-state index in [1.807, 2.05) is 36.4 Å². The van der Waals surface area contributed by atoms with Crippen molar-refractivity contribution in [3.05, 3.63) is 95.0 Å². The zero-order valence-corrected chi connectivity index (χ0v) is 16.8. The van der Waals surface area contributed by atoms with Gasteiger partial charge in [0.05, 0.1) is 4.92 Å². The monoisotopic (exact) mass is 377 g/mol. The number of benzene rings is 3. The number of rotatable bonds is 5. The van der Waals surface area contributed by atoms with Gasteiger partial charge in [0.2, 0.25) is 0 Å². The number of nitro groups is 1. The molecule has 0 radical (unpaired) electrons. The van der Waals surface area contributed by atoms with Gasteiger partial charge in [-0.05, 0) is 21.5 Å². The molecule has 0 spiro atoms. The van der Waals surface area contributed by atoms with E-state index in [2.05, 4.69) is 45.0 Å². The van der Waals surface area contributed by atoms with Crippen LogP contribution in [0.2, 0.25) is 5.04 Å². The van der Waals surface area contributed by atoms with Gasteiger partial charge in [0.25, 0.3) is 0 Å². The van der Waals surface area contributed by atoms with Crippen molar-refractivity contribution >= 4 is 24.4 Å². The normalized spacial score (nSPS) is 11.8. The second-order valence-electron chi connectivity index (χ2n) is 7.49. The highest BCUT2D eigenvalue weighted by atomic mass is 28.4. The first-order valence-electron chi connectivity index (χ1n) is 8.90. The van der Waals surface area contributed by atoms with Gasteiger partial charge in [-0.1, -0.05) is 93.6 Å². The minimum Gasteiger partial charge on any atom is -0.529 e. The van der Waals surface area contributed by atoms with Gasteiger partial charge in [-0.3, -0.25) is 10.1 Å². The number of para-hydroxylation sites is 2. The molecular formula is C22H23NO3Si. The van der Waals surface area contributed by atoms with Gasteiger partial charge >= 0.3 is 14.0 Å². The summed E-state index contributed by atoms with van der Waals surface area (Å²) >= 11 is 0. The topological polar surface area (TPSA) is 52.4 Å². The molecule has 138 valence electrons. The lowest BCUT2D eigenvalue weighted by Gasteiger charge is -2.42. The number of hydrogen-bond acceptors (Lipinski definition) is 3. The molecule has 0 saturated carbocycles. The molecule has 3 rings (SSSR count). The predicted octanol–water partition coefficient (Wildman–Crippen LogP) is 4.53. The molecule has 0 aromatic heterocycles. The van der Waals surface area contributed by atoms with Crippen molar-refractivity contribution in [3.63, 3.8) is 0 Å². The number of nitrogens with zero attached hydrogens (tertiary/aromatic N) is 1. The van der Waals surface area contributed by atoms with E-state index in [0.717, 1.165) is 10.4 Å². The highest BCUT2D eigenvalue weighted by Gasteiger charge is 2.52. The molecule has 0 unspecified atom stereocenters. The van der Waals surface area contributed by atoms with Gasteiger partial charge in [0, 0.05) is 6.07 Å². The van der Waals surface area contributed by atoms with Crippen LogP contribution >= 0.6 is 0 Å². The van der Waals surface area contributed by atoms with Crippen molar-refractivity contribution in [1.82, 2.24) is 0 Å². The summed E-state index contributed by atoms with van der Waals surface area (Å²) in [5, 5.41) is 13.5. The van der Waals surface area contributed by atoms with E-state index >= 15 is 0 Å². The lowest BCUT2D eigenvalue weighted by molar-refractivity contribution is -0.385. The van der Waals surface area contributed by atoms with Crippen molar-refractivity contribution < 1.29 is 9.35 Å². The van der Waals surface area contributed by atoms with Crippen molar-refractivity contribution in [2.45, 2.75) is 25.8 Å². The van der Waals surface area contributed by atoms with Crippen LogP contribution in [0.5, 0.6) is 5.75 Å². The molecule has 5 heteroatoms. The van der Waals surface area contributed by atoms with Gasteiger partial charge in [0.15, 0.2) is 5.75 Å². The highest BCUT2D eigenvalue weighted by molar-refractivity contribution is 7.00. The van der Waals surface area contributed by atoms with Crippen LogP contribution in [0.3, 0.4) is 0 Å². The SMILES string of the molecule is CC(C)(C)[Si](Oc1ccccc1[N+](=O)[O-])(c1ccccc1)c1ccccc1. The van der Waals surface area contributed by atoms with E-state index in [0.29, 0.717) is 5.75 Å². The van der Waals surface area contributed by atoms with Crippen molar-refractivity contribution in [2.24, 2.45) is 0 Å². The Hall–Kier alpha value is -2.92. The van der Waals surface area contributed by atoms with Gasteiger partial charge in [-0.15, -0.1) is 0 Å². The Labute approximate surface area is 160 Å². The molecule has 0 N–H and O–H groups in total. The first-order valence-corrected chi connectivity index (χ1v) is 10.8. The molecule has 0 saturated heterocycles. The molecule has 3 aromatic carbocycles. The fourth-order valence-electron chi connectivity index (χ4n) is 3.51. The Morgan fingerprint density at radius 3 is 1.67 bits per heavy atom. The molecule has 3 aromatic rings. The Balaban J connectivity index is 2.30. The van der Waals surface area contributed by atoms with Crippen LogP contribution in [0.1, 0.15) is 20.8 Å². The van der Waals surface area contributed by atoms with Crippen LogP contribution in [-0.2, 0) is 0 Å². The predicted molar refractivity (Wildman–Crippen MR) is 111 cm³/mol. The van der Waals surface area contributed by atoms with Crippen LogP contribution in [0, 0.1) is 10.1 Å². The maximum absolute atomic E-state index is 11.6. The molecule has 0 aliphatic carbocycles. The molecule has 4 nitrogen and oxygen atoms in total. The highest BCUT2D eigenvalue weighted by Crippen LogP contribution is 2.39. The molecule has 0 heterocycles. The molecule has 0 fully saturated rings. The smallest absolute Gasteiger partial charge is 0.320 e. The summed E-state index contributed by atoms with van der Waals surface area (Å²) in [5.74, 6) is 0.316.